The van der Waals surface area contributed by atoms with Crippen LogP contribution in [0.1, 0.15) is 16.7 Å². The highest BCUT2D eigenvalue weighted by atomic mass is 14.9. The maximum Gasteiger partial charge on any atom is 0.0748 e. The SMILES string of the molecule is Cc1cc2c(c(C)c1C)[N]c1ccccc1-2. The molecule has 0 saturated carbocycles. The maximum atomic E-state index is 4.72. The molecule has 0 aliphatic carbocycles. The summed E-state index contributed by atoms with van der Waals surface area (Å²) in [6.45, 7) is 6.50. The van der Waals surface area contributed by atoms with Crippen LogP contribution < -0.4 is 5.32 Å². The number of fused-ring (bicyclic) bond motifs is 3. The summed E-state index contributed by atoms with van der Waals surface area (Å²) in [5.74, 6) is 0. The fraction of sp³-hybridized carbons (Fsp3) is 0.200. The molecule has 0 saturated heterocycles. The van der Waals surface area contributed by atoms with Crippen LogP contribution in [0.2, 0.25) is 0 Å². The van der Waals surface area contributed by atoms with Crippen LogP contribution in [0.15, 0.2) is 30.3 Å². The van der Waals surface area contributed by atoms with Crippen molar-refractivity contribution in [2.24, 2.45) is 0 Å². The van der Waals surface area contributed by atoms with Gasteiger partial charge in [-0.15, -0.1) is 0 Å². The van der Waals surface area contributed by atoms with E-state index in [4.69, 9.17) is 5.32 Å². The second kappa shape index (κ2) is 3.11. The second-order valence-electron chi connectivity index (χ2n) is 4.47. The molecule has 1 aliphatic heterocycles. The molecule has 0 unspecified atom stereocenters. The number of nitrogens with zero attached hydrogens (tertiary/aromatic N) is 1. The lowest BCUT2D eigenvalue weighted by molar-refractivity contribution is 1.17. The van der Waals surface area contributed by atoms with E-state index in [1.54, 1.807) is 0 Å². The highest BCUT2D eigenvalue weighted by molar-refractivity contribution is 5.92. The standard InChI is InChI=1S/C15H14N/c1-9-8-13-12-6-4-5-7-14(12)16-15(13)11(3)10(9)2/h4-8H,1-3H3. The molecule has 0 N–H and O–H groups in total. The Hall–Kier alpha value is -1.76. The van der Waals surface area contributed by atoms with Gasteiger partial charge in [0.25, 0.3) is 0 Å². The average molecular weight is 208 g/mol. The Bertz CT molecular complexity index is 582. The van der Waals surface area contributed by atoms with Crippen molar-refractivity contribution in [3.05, 3.63) is 47.0 Å². The summed E-state index contributed by atoms with van der Waals surface area (Å²) in [7, 11) is 0. The molecule has 0 bridgehead atoms. The van der Waals surface area contributed by atoms with Crippen molar-refractivity contribution >= 4 is 11.4 Å². The molecule has 3 rings (SSSR count). The predicted molar refractivity (Wildman–Crippen MR) is 67.5 cm³/mol. The van der Waals surface area contributed by atoms with Gasteiger partial charge in [0.05, 0.1) is 11.4 Å². The number of aryl methyl sites for hydroxylation is 1. The highest BCUT2D eigenvalue weighted by Gasteiger charge is 2.22. The summed E-state index contributed by atoms with van der Waals surface area (Å²) < 4.78 is 0. The molecule has 0 aromatic heterocycles. The van der Waals surface area contributed by atoms with E-state index in [9.17, 15) is 0 Å². The van der Waals surface area contributed by atoms with Crippen molar-refractivity contribution in [3.63, 3.8) is 0 Å². The average Bonchev–Trinajstić information content (AvgIpc) is 2.65. The fourth-order valence-electron chi connectivity index (χ4n) is 2.34. The third-order valence-electron chi connectivity index (χ3n) is 3.55. The van der Waals surface area contributed by atoms with Crippen LogP contribution in [0, 0.1) is 20.8 Å². The molecule has 2 aromatic carbocycles. The van der Waals surface area contributed by atoms with Gasteiger partial charge in [-0.2, -0.15) is 0 Å². The van der Waals surface area contributed by atoms with E-state index in [0.29, 0.717) is 0 Å². The van der Waals surface area contributed by atoms with E-state index in [-0.39, 0.29) is 0 Å². The molecule has 1 radical (unpaired) electrons. The molecule has 0 amide bonds. The molecule has 1 aliphatic rings. The molecule has 79 valence electrons. The summed E-state index contributed by atoms with van der Waals surface area (Å²) in [5, 5.41) is 4.72. The van der Waals surface area contributed by atoms with E-state index in [1.165, 1.54) is 27.8 Å². The molecule has 16 heavy (non-hydrogen) atoms. The highest BCUT2D eigenvalue weighted by Crippen LogP contribution is 2.45. The van der Waals surface area contributed by atoms with Crippen LogP contribution in [-0.4, -0.2) is 0 Å². The van der Waals surface area contributed by atoms with E-state index < -0.39 is 0 Å². The monoisotopic (exact) mass is 208 g/mol. The first-order chi connectivity index (χ1) is 7.68. The first-order valence-electron chi connectivity index (χ1n) is 5.60. The van der Waals surface area contributed by atoms with Crippen molar-refractivity contribution in [1.29, 1.82) is 0 Å². The van der Waals surface area contributed by atoms with Crippen molar-refractivity contribution in [2.45, 2.75) is 20.8 Å². The lowest BCUT2D eigenvalue weighted by atomic mass is 9.96. The predicted octanol–water partition coefficient (Wildman–Crippen LogP) is 4.16. The zero-order valence-electron chi connectivity index (χ0n) is 9.83. The molecule has 1 nitrogen and oxygen atoms in total. The van der Waals surface area contributed by atoms with Gasteiger partial charge in [0.1, 0.15) is 0 Å². The Labute approximate surface area is 96.1 Å². The molecule has 1 heterocycles. The Morgan fingerprint density at radius 3 is 2.44 bits per heavy atom. The van der Waals surface area contributed by atoms with E-state index in [0.717, 1.165) is 11.4 Å². The van der Waals surface area contributed by atoms with Crippen LogP contribution in [0.25, 0.3) is 11.1 Å². The minimum absolute atomic E-state index is 1.10. The maximum absolute atomic E-state index is 4.72. The van der Waals surface area contributed by atoms with Crippen LogP contribution in [0.5, 0.6) is 0 Å². The van der Waals surface area contributed by atoms with Crippen LogP contribution in [-0.2, 0) is 0 Å². The Morgan fingerprint density at radius 2 is 1.62 bits per heavy atom. The lowest BCUT2D eigenvalue weighted by Gasteiger charge is -2.09. The summed E-state index contributed by atoms with van der Waals surface area (Å²) in [4.78, 5) is 0. The molecular weight excluding hydrogens is 194 g/mol. The Balaban J connectivity index is 2.34. The minimum Gasteiger partial charge on any atom is -0.247 e. The van der Waals surface area contributed by atoms with Gasteiger partial charge < -0.3 is 0 Å². The van der Waals surface area contributed by atoms with Crippen molar-refractivity contribution < 1.29 is 0 Å². The molecule has 0 atom stereocenters. The normalized spacial score (nSPS) is 11.9. The number of hydrogen-bond acceptors (Lipinski definition) is 0. The number of hydrogen-bond donors (Lipinski definition) is 0. The second-order valence-corrected chi connectivity index (χ2v) is 4.47. The quantitative estimate of drug-likeness (QED) is 0.526. The summed E-state index contributed by atoms with van der Waals surface area (Å²) >= 11 is 0. The van der Waals surface area contributed by atoms with Crippen molar-refractivity contribution in [3.8, 4) is 11.1 Å². The summed E-state index contributed by atoms with van der Waals surface area (Å²) in [5.41, 5.74) is 8.83. The summed E-state index contributed by atoms with van der Waals surface area (Å²) in [6, 6.07) is 10.6. The molecule has 2 aromatic rings. The lowest BCUT2D eigenvalue weighted by Crippen LogP contribution is -1.92. The van der Waals surface area contributed by atoms with Crippen LogP contribution in [0.4, 0.5) is 11.4 Å². The zero-order valence-corrected chi connectivity index (χ0v) is 9.83. The molecule has 1 heteroatoms. The topological polar surface area (TPSA) is 14.1 Å². The van der Waals surface area contributed by atoms with Gasteiger partial charge in [-0.3, -0.25) is 0 Å². The van der Waals surface area contributed by atoms with Crippen molar-refractivity contribution in [2.75, 3.05) is 0 Å². The fourth-order valence-corrected chi connectivity index (χ4v) is 2.34. The largest absolute Gasteiger partial charge is 0.247 e. The van der Waals surface area contributed by atoms with Gasteiger partial charge in [0.2, 0.25) is 0 Å². The van der Waals surface area contributed by atoms with Gasteiger partial charge in [0.15, 0.2) is 0 Å². The number of rotatable bonds is 0. The van der Waals surface area contributed by atoms with Crippen LogP contribution >= 0.6 is 0 Å². The zero-order chi connectivity index (χ0) is 11.3. The van der Waals surface area contributed by atoms with Gasteiger partial charge in [0, 0.05) is 11.1 Å². The van der Waals surface area contributed by atoms with Gasteiger partial charge >= 0.3 is 0 Å². The van der Waals surface area contributed by atoms with Gasteiger partial charge in [-0.25, -0.2) is 5.32 Å². The number of para-hydroxylation sites is 1. The van der Waals surface area contributed by atoms with Gasteiger partial charge in [-0.05, 0) is 49.6 Å². The van der Waals surface area contributed by atoms with Crippen molar-refractivity contribution in [1.82, 2.24) is 5.32 Å². The molecule has 0 spiro atoms. The van der Waals surface area contributed by atoms with E-state index in [1.807, 2.05) is 6.07 Å². The third kappa shape index (κ3) is 1.12. The minimum atomic E-state index is 1.10. The number of benzene rings is 2. The van der Waals surface area contributed by atoms with Gasteiger partial charge in [-0.1, -0.05) is 18.2 Å². The molecular formula is C15H14N. The Kier molecular flexibility index (Phi) is 1.84. The van der Waals surface area contributed by atoms with E-state index >= 15 is 0 Å². The van der Waals surface area contributed by atoms with E-state index in [2.05, 4.69) is 45.0 Å². The Morgan fingerprint density at radius 1 is 0.875 bits per heavy atom. The summed E-state index contributed by atoms with van der Waals surface area (Å²) in [6.07, 6.45) is 0. The van der Waals surface area contributed by atoms with Crippen LogP contribution in [0.3, 0.4) is 0 Å². The first kappa shape index (κ1) is 9.46. The first-order valence-corrected chi connectivity index (χ1v) is 5.60. The smallest absolute Gasteiger partial charge is 0.0748 e. The third-order valence-corrected chi connectivity index (χ3v) is 3.55. The molecule has 0 fully saturated rings.